The third-order valence-electron chi connectivity index (χ3n) is 6.33. The Morgan fingerprint density at radius 3 is 2.63 bits per heavy atom. The van der Waals surface area contributed by atoms with Gasteiger partial charge in [0, 0.05) is 6.04 Å². The van der Waals surface area contributed by atoms with E-state index in [1.54, 1.807) is 18.7 Å². The summed E-state index contributed by atoms with van der Waals surface area (Å²) >= 11 is 0. The zero-order valence-corrected chi connectivity index (χ0v) is 17.8. The summed E-state index contributed by atoms with van der Waals surface area (Å²) in [7, 11) is 0. The molecule has 0 aromatic heterocycles. The molecule has 3 rings (SSSR count). The zero-order chi connectivity index (χ0) is 21.7. The molecule has 5 atom stereocenters. The van der Waals surface area contributed by atoms with E-state index in [4.69, 9.17) is 4.74 Å². The first-order valence-electron chi connectivity index (χ1n) is 10.9. The van der Waals surface area contributed by atoms with E-state index in [2.05, 4.69) is 5.32 Å². The third-order valence-corrected chi connectivity index (χ3v) is 6.33. The Labute approximate surface area is 177 Å². The van der Waals surface area contributed by atoms with Gasteiger partial charge in [0.2, 0.25) is 5.91 Å². The largest absolute Gasteiger partial charge is 0.480 e. The highest BCUT2D eigenvalue weighted by atomic mass is 16.5. The molecule has 1 heterocycles. The van der Waals surface area contributed by atoms with Crippen molar-refractivity contribution in [2.24, 2.45) is 5.92 Å². The molecular formula is C23H32N2O5. The number of carboxylic acid groups (broad SMARTS) is 1. The Kier molecular flexibility index (Phi) is 7.48. The SMILES string of the molecule is CCOC(=O)[C@H](CCc1ccccc1)NC(C)C(=O)N1[C@@H](C(=O)O)C[C@H]2CCC[C@H]21. The number of amides is 1. The van der Waals surface area contributed by atoms with Crippen molar-refractivity contribution in [3.63, 3.8) is 0 Å². The Balaban J connectivity index is 1.68. The van der Waals surface area contributed by atoms with Gasteiger partial charge in [0.15, 0.2) is 0 Å². The molecule has 7 heteroatoms. The van der Waals surface area contributed by atoms with Crippen LogP contribution >= 0.6 is 0 Å². The summed E-state index contributed by atoms with van der Waals surface area (Å²) in [5.41, 5.74) is 1.10. The van der Waals surface area contributed by atoms with Crippen molar-refractivity contribution in [3.05, 3.63) is 35.9 Å². The number of aryl methyl sites for hydroxylation is 1. The summed E-state index contributed by atoms with van der Waals surface area (Å²) in [6, 6.07) is 7.76. The number of esters is 1. The van der Waals surface area contributed by atoms with E-state index in [0.29, 0.717) is 19.3 Å². The van der Waals surface area contributed by atoms with Crippen LogP contribution in [-0.4, -0.2) is 58.6 Å². The number of hydrogen-bond donors (Lipinski definition) is 2. The number of fused-ring (bicyclic) bond motifs is 1. The van der Waals surface area contributed by atoms with Crippen molar-refractivity contribution in [2.75, 3.05) is 6.61 Å². The van der Waals surface area contributed by atoms with Crippen LogP contribution in [-0.2, 0) is 25.5 Å². The van der Waals surface area contributed by atoms with Crippen LogP contribution in [0.15, 0.2) is 30.3 Å². The lowest BCUT2D eigenvalue weighted by Gasteiger charge is -2.31. The predicted molar refractivity (Wildman–Crippen MR) is 112 cm³/mol. The van der Waals surface area contributed by atoms with E-state index < -0.39 is 24.1 Å². The topological polar surface area (TPSA) is 95.9 Å². The van der Waals surface area contributed by atoms with Gasteiger partial charge >= 0.3 is 11.9 Å². The minimum atomic E-state index is -0.948. The summed E-state index contributed by atoms with van der Waals surface area (Å²) in [6.45, 7) is 3.72. The highest BCUT2D eigenvalue weighted by molar-refractivity contribution is 5.88. The molecule has 1 saturated heterocycles. The number of rotatable bonds is 9. The van der Waals surface area contributed by atoms with E-state index in [0.717, 1.165) is 24.8 Å². The molecule has 0 radical (unpaired) electrons. The molecule has 1 aliphatic heterocycles. The van der Waals surface area contributed by atoms with Crippen LogP contribution in [0.1, 0.15) is 51.5 Å². The Morgan fingerprint density at radius 1 is 1.23 bits per heavy atom. The average molecular weight is 417 g/mol. The van der Waals surface area contributed by atoms with Gasteiger partial charge in [-0.2, -0.15) is 0 Å². The fourth-order valence-electron chi connectivity index (χ4n) is 4.89. The third kappa shape index (κ3) is 5.01. The van der Waals surface area contributed by atoms with Crippen molar-refractivity contribution < 1.29 is 24.2 Å². The van der Waals surface area contributed by atoms with E-state index in [-0.39, 0.29) is 30.4 Å². The number of ether oxygens (including phenoxy) is 1. The van der Waals surface area contributed by atoms with Gasteiger partial charge in [-0.1, -0.05) is 36.8 Å². The highest BCUT2D eigenvalue weighted by Gasteiger charge is 2.49. The molecule has 1 amide bonds. The lowest BCUT2D eigenvalue weighted by atomic mass is 10.0. The van der Waals surface area contributed by atoms with Crippen LogP contribution in [0.5, 0.6) is 0 Å². The van der Waals surface area contributed by atoms with E-state index in [9.17, 15) is 19.5 Å². The van der Waals surface area contributed by atoms with Crippen LogP contribution in [0.2, 0.25) is 0 Å². The van der Waals surface area contributed by atoms with Gasteiger partial charge in [-0.05, 0) is 57.4 Å². The molecule has 1 saturated carbocycles. The molecule has 0 bridgehead atoms. The van der Waals surface area contributed by atoms with Crippen LogP contribution in [0.4, 0.5) is 0 Å². The molecule has 164 valence electrons. The molecular weight excluding hydrogens is 384 g/mol. The summed E-state index contributed by atoms with van der Waals surface area (Å²) in [5, 5.41) is 12.8. The number of carboxylic acids is 1. The van der Waals surface area contributed by atoms with Crippen molar-refractivity contribution >= 4 is 17.8 Å². The van der Waals surface area contributed by atoms with Gasteiger partial charge in [-0.15, -0.1) is 0 Å². The first-order valence-corrected chi connectivity index (χ1v) is 10.9. The second-order valence-electron chi connectivity index (χ2n) is 8.31. The molecule has 1 aromatic carbocycles. The lowest BCUT2D eigenvalue weighted by Crippen LogP contribution is -2.55. The van der Waals surface area contributed by atoms with Gasteiger partial charge in [-0.25, -0.2) is 4.79 Å². The molecule has 0 spiro atoms. The molecule has 2 N–H and O–H groups in total. The Morgan fingerprint density at radius 2 is 1.97 bits per heavy atom. The monoisotopic (exact) mass is 416 g/mol. The van der Waals surface area contributed by atoms with E-state index in [1.807, 2.05) is 30.3 Å². The quantitative estimate of drug-likeness (QED) is 0.600. The smallest absolute Gasteiger partial charge is 0.326 e. The number of likely N-dealkylation sites (tertiary alicyclic amines) is 1. The van der Waals surface area contributed by atoms with Crippen LogP contribution in [0.25, 0.3) is 0 Å². The maximum absolute atomic E-state index is 13.2. The fourth-order valence-corrected chi connectivity index (χ4v) is 4.89. The highest BCUT2D eigenvalue weighted by Crippen LogP contribution is 2.41. The number of carbonyl (C=O) groups is 3. The number of hydrogen-bond acceptors (Lipinski definition) is 5. The van der Waals surface area contributed by atoms with Gasteiger partial charge in [0.1, 0.15) is 12.1 Å². The summed E-state index contributed by atoms with van der Waals surface area (Å²) in [5.74, 6) is -1.31. The second-order valence-corrected chi connectivity index (χ2v) is 8.31. The summed E-state index contributed by atoms with van der Waals surface area (Å²) in [6.07, 6.45) is 4.54. The Hall–Kier alpha value is -2.41. The predicted octanol–water partition coefficient (Wildman–Crippen LogP) is 2.38. The maximum atomic E-state index is 13.2. The number of carbonyl (C=O) groups excluding carboxylic acids is 2. The maximum Gasteiger partial charge on any atom is 0.326 e. The lowest BCUT2D eigenvalue weighted by molar-refractivity contribution is -0.151. The van der Waals surface area contributed by atoms with Gasteiger partial charge in [0.25, 0.3) is 0 Å². The molecule has 2 aliphatic rings. The van der Waals surface area contributed by atoms with Crippen LogP contribution < -0.4 is 5.32 Å². The van der Waals surface area contributed by atoms with Crippen molar-refractivity contribution in [2.45, 2.75) is 76.5 Å². The molecule has 1 unspecified atom stereocenters. The van der Waals surface area contributed by atoms with E-state index in [1.165, 1.54) is 0 Å². The molecule has 1 aromatic rings. The number of benzene rings is 1. The van der Waals surface area contributed by atoms with Crippen molar-refractivity contribution in [1.82, 2.24) is 10.2 Å². The minimum absolute atomic E-state index is 0.00629. The molecule has 7 nitrogen and oxygen atoms in total. The minimum Gasteiger partial charge on any atom is -0.480 e. The van der Waals surface area contributed by atoms with Crippen molar-refractivity contribution in [1.29, 1.82) is 0 Å². The van der Waals surface area contributed by atoms with Gasteiger partial charge < -0.3 is 14.7 Å². The first-order chi connectivity index (χ1) is 14.4. The molecule has 2 fully saturated rings. The number of aliphatic carboxylic acids is 1. The summed E-state index contributed by atoms with van der Waals surface area (Å²) < 4.78 is 5.21. The standard InChI is InChI=1S/C23H32N2O5/c1-3-30-23(29)18(13-12-16-8-5-4-6-9-16)24-15(2)21(26)25-19-11-7-10-17(19)14-20(25)22(27)28/h4-6,8-9,15,17-20,24H,3,7,10-14H2,1-2H3,(H,27,28)/t15?,17-,18+,19-,20-/m1/s1. The number of nitrogens with zero attached hydrogens (tertiary/aromatic N) is 1. The van der Waals surface area contributed by atoms with Gasteiger partial charge in [0.05, 0.1) is 12.6 Å². The molecule has 30 heavy (non-hydrogen) atoms. The molecule has 1 aliphatic carbocycles. The fraction of sp³-hybridized carbons (Fsp3) is 0.609. The normalized spacial score (nSPS) is 24.9. The first kappa shape index (κ1) is 22.3. The average Bonchev–Trinajstić information content (AvgIpc) is 3.32. The second kappa shape index (κ2) is 10.1. The summed E-state index contributed by atoms with van der Waals surface area (Å²) in [4.78, 5) is 39.1. The van der Waals surface area contributed by atoms with Gasteiger partial charge in [-0.3, -0.25) is 14.9 Å². The zero-order valence-electron chi connectivity index (χ0n) is 17.8. The van der Waals surface area contributed by atoms with Crippen LogP contribution in [0.3, 0.4) is 0 Å². The van der Waals surface area contributed by atoms with Crippen LogP contribution in [0, 0.1) is 5.92 Å². The van der Waals surface area contributed by atoms with Crippen molar-refractivity contribution in [3.8, 4) is 0 Å². The Bertz CT molecular complexity index is 753. The number of nitrogens with one attached hydrogen (secondary N) is 1. The van der Waals surface area contributed by atoms with E-state index >= 15 is 0 Å².